The monoisotopic (exact) mass is 477 g/mol. The number of aryl methyl sites for hydroxylation is 2. The first-order valence-corrected chi connectivity index (χ1v) is 12.8. The topological polar surface area (TPSA) is 120 Å². The molecule has 0 radical (unpaired) electrons. The Kier molecular flexibility index (Phi) is 4.88. The minimum absolute atomic E-state index is 0.0726. The number of aromatic nitrogens is 3. The first-order chi connectivity index (χ1) is 16.4. The van der Waals surface area contributed by atoms with Crippen LogP contribution in [0.4, 0.5) is 11.5 Å². The molecule has 1 amide bonds. The molecule has 0 saturated heterocycles. The minimum atomic E-state index is -0.392. The van der Waals surface area contributed by atoms with Crippen LogP contribution in [0.15, 0.2) is 17.2 Å². The highest BCUT2D eigenvalue weighted by molar-refractivity contribution is 7.19. The molecule has 0 unspecified atom stereocenters. The van der Waals surface area contributed by atoms with Crippen molar-refractivity contribution in [3.8, 4) is 0 Å². The lowest BCUT2D eigenvalue weighted by Gasteiger charge is -2.35. The normalized spacial score (nSPS) is 21.0. The van der Waals surface area contributed by atoms with Crippen LogP contribution in [0.1, 0.15) is 71.4 Å². The number of carbonyl (C=O) groups is 2. The number of amides is 1. The predicted molar refractivity (Wildman–Crippen MR) is 131 cm³/mol. The number of pyridine rings is 1. The van der Waals surface area contributed by atoms with Gasteiger partial charge in [-0.05, 0) is 56.2 Å². The number of anilines is 2. The molecule has 8 nitrogen and oxygen atoms in total. The summed E-state index contributed by atoms with van der Waals surface area (Å²) in [7, 11) is 0. The maximum atomic E-state index is 13.8. The highest BCUT2D eigenvalue weighted by Gasteiger charge is 2.45. The average Bonchev–Trinajstić information content (AvgIpc) is 3.33. The molecule has 1 aliphatic heterocycles. The molecule has 9 heteroatoms. The molecule has 0 aromatic carbocycles. The fourth-order valence-corrected chi connectivity index (χ4v) is 7.55. The molecule has 176 valence electrons. The molecule has 2 aliphatic carbocycles. The Balaban J connectivity index is 1.45. The molecular weight excluding hydrogens is 450 g/mol. The van der Waals surface area contributed by atoms with E-state index >= 15 is 0 Å². The summed E-state index contributed by atoms with van der Waals surface area (Å²) < 4.78 is 1.80. The van der Waals surface area contributed by atoms with Gasteiger partial charge in [0.05, 0.1) is 16.6 Å². The number of fused-ring (bicyclic) bond motifs is 5. The van der Waals surface area contributed by atoms with Crippen LogP contribution in [0.3, 0.4) is 0 Å². The van der Waals surface area contributed by atoms with Gasteiger partial charge in [0.25, 0.3) is 5.56 Å². The lowest BCUT2D eigenvalue weighted by atomic mass is 9.80. The van der Waals surface area contributed by atoms with Gasteiger partial charge in [-0.3, -0.25) is 19.0 Å². The van der Waals surface area contributed by atoms with E-state index in [0.717, 1.165) is 64.7 Å². The van der Waals surface area contributed by atoms with Crippen molar-refractivity contribution in [1.82, 2.24) is 14.5 Å². The molecule has 3 aromatic heterocycles. The summed E-state index contributed by atoms with van der Waals surface area (Å²) in [5, 5.41) is 4.23. The Morgan fingerprint density at radius 1 is 1.24 bits per heavy atom. The fourth-order valence-electron chi connectivity index (χ4n) is 6.28. The molecular formula is C25H27N5O3S. The highest BCUT2D eigenvalue weighted by atomic mass is 32.1. The van der Waals surface area contributed by atoms with Crippen LogP contribution < -0.4 is 16.6 Å². The van der Waals surface area contributed by atoms with E-state index in [1.807, 2.05) is 6.92 Å². The van der Waals surface area contributed by atoms with Crippen molar-refractivity contribution in [2.75, 3.05) is 5.32 Å². The molecule has 6 rings (SSSR count). The molecule has 3 aromatic rings. The third kappa shape index (κ3) is 3.13. The molecule has 4 heterocycles. The van der Waals surface area contributed by atoms with Gasteiger partial charge < -0.3 is 11.1 Å². The van der Waals surface area contributed by atoms with Crippen molar-refractivity contribution in [3.05, 3.63) is 44.4 Å². The minimum Gasteiger partial charge on any atom is -0.369 e. The average molecular weight is 478 g/mol. The summed E-state index contributed by atoms with van der Waals surface area (Å²) in [6, 6.07) is 1.78. The zero-order valence-electron chi connectivity index (χ0n) is 19.1. The quantitative estimate of drug-likeness (QED) is 0.593. The molecule has 0 bridgehead atoms. The second-order valence-electron chi connectivity index (χ2n) is 9.99. The zero-order valence-corrected chi connectivity index (χ0v) is 20.0. The third-order valence-corrected chi connectivity index (χ3v) is 9.07. The Labute approximate surface area is 200 Å². The Bertz CT molecular complexity index is 1420. The van der Waals surface area contributed by atoms with Crippen molar-refractivity contribution < 1.29 is 9.59 Å². The van der Waals surface area contributed by atoms with Crippen molar-refractivity contribution in [1.29, 1.82) is 0 Å². The molecule has 3 N–H and O–H groups in total. The van der Waals surface area contributed by atoms with Gasteiger partial charge in [0.15, 0.2) is 5.78 Å². The Morgan fingerprint density at radius 3 is 2.79 bits per heavy atom. The summed E-state index contributed by atoms with van der Waals surface area (Å²) in [4.78, 5) is 49.3. The third-order valence-electron chi connectivity index (χ3n) is 7.90. The second kappa shape index (κ2) is 7.73. The van der Waals surface area contributed by atoms with Crippen LogP contribution in [0.2, 0.25) is 0 Å². The van der Waals surface area contributed by atoms with Crippen molar-refractivity contribution >= 4 is 44.7 Å². The van der Waals surface area contributed by atoms with Gasteiger partial charge in [-0.15, -0.1) is 11.3 Å². The van der Waals surface area contributed by atoms with E-state index in [1.54, 1.807) is 22.0 Å². The molecule has 34 heavy (non-hydrogen) atoms. The molecule has 3 aliphatic rings. The largest absolute Gasteiger partial charge is 0.369 e. The van der Waals surface area contributed by atoms with Crippen LogP contribution in [0.25, 0.3) is 10.2 Å². The van der Waals surface area contributed by atoms with Gasteiger partial charge in [-0.1, -0.05) is 19.3 Å². The summed E-state index contributed by atoms with van der Waals surface area (Å²) in [6.07, 6.45) is 8.93. The number of ketones is 1. The maximum Gasteiger partial charge on any atom is 0.275 e. The first-order valence-electron chi connectivity index (χ1n) is 12.0. The van der Waals surface area contributed by atoms with Gasteiger partial charge in [0.1, 0.15) is 22.7 Å². The van der Waals surface area contributed by atoms with Crippen LogP contribution >= 0.6 is 11.3 Å². The summed E-state index contributed by atoms with van der Waals surface area (Å²) in [6.45, 7) is 1.90. The van der Waals surface area contributed by atoms with Crippen molar-refractivity contribution in [3.63, 3.8) is 0 Å². The van der Waals surface area contributed by atoms with Crippen LogP contribution in [0.5, 0.6) is 0 Å². The standard InChI is InChI=1S/C25H27N5O3S/c1-13-9-16(24(33)30-20(13)17(31)11-25(30)7-3-2-4-8-25)29-22-19-15-6-5-14(21(26)32)10-18(15)34-23(19)28-12-27-22/h9,12,14H,2-8,10-11H2,1H3,(H2,26,32)(H,27,28,29)/t14-/m0/s1. The second-order valence-corrected chi connectivity index (χ2v) is 11.1. The number of thiophene rings is 1. The number of hydrogen-bond acceptors (Lipinski definition) is 7. The van der Waals surface area contributed by atoms with Gasteiger partial charge in [0.2, 0.25) is 5.91 Å². The zero-order chi connectivity index (χ0) is 23.6. The van der Waals surface area contributed by atoms with Crippen molar-refractivity contribution in [2.45, 2.75) is 70.3 Å². The van der Waals surface area contributed by atoms with E-state index in [4.69, 9.17) is 5.73 Å². The first kappa shape index (κ1) is 21.5. The number of carbonyl (C=O) groups excluding carboxylic acids is 2. The molecule has 1 spiro atoms. The Morgan fingerprint density at radius 2 is 2.03 bits per heavy atom. The number of Topliss-reactive ketones (excluding diaryl/α,β-unsaturated/α-hetero) is 1. The molecule has 1 fully saturated rings. The van der Waals surface area contributed by atoms with Crippen molar-refractivity contribution in [2.24, 2.45) is 11.7 Å². The maximum absolute atomic E-state index is 13.8. The lowest BCUT2D eigenvalue weighted by Crippen LogP contribution is -2.40. The van der Waals surface area contributed by atoms with E-state index in [9.17, 15) is 14.4 Å². The summed E-state index contributed by atoms with van der Waals surface area (Å²) >= 11 is 1.56. The molecule has 1 atom stereocenters. The van der Waals surface area contributed by atoms with E-state index in [1.165, 1.54) is 6.33 Å². The van der Waals surface area contributed by atoms with E-state index < -0.39 is 5.54 Å². The number of hydrogen-bond donors (Lipinski definition) is 2. The number of nitrogens with two attached hydrogens (primary N) is 1. The van der Waals surface area contributed by atoms with E-state index in [0.29, 0.717) is 36.5 Å². The summed E-state index contributed by atoms with van der Waals surface area (Å²) in [5.41, 5.74) is 7.97. The van der Waals surface area contributed by atoms with Crippen LogP contribution in [0, 0.1) is 12.8 Å². The van der Waals surface area contributed by atoms with Gasteiger partial charge in [-0.2, -0.15) is 0 Å². The SMILES string of the molecule is Cc1cc(Nc2ncnc3sc4c(c23)CC[C@H](C(N)=O)C4)c(=O)n2c1C(=O)CC21CCCCC1. The highest BCUT2D eigenvalue weighted by Crippen LogP contribution is 2.44. The van der Waals surface area contributed by atoms with Crippen LogP contribution in [-0.2, 0) is 23.2 Å². The van der Waals surface area contributed by atoms with E-state index in [-0.39, 0.29) is 23.2 Å². The smallest absolute Gasteiger partial charge is 0.275 e. The number of nitrogens with one attached hydrogen (secondary N) is 1. The van der Waals surface area contributed by atoms with Gasteiger partial charge in [0, 0.05) is 17.2 Å². The summed E-state index contributed by atoms with van der Waals surface area (Å²) in [5.74, 6) is 0.251. The predicted octanol–water partition coefficient (Wildman–Crippen LogP) is 3.74. The van der Waals surface area contributed by atoms with Gasteiger partial charge in [-0.25, -0.2) is 9.97 Å². The number of primary amides is 1. The Hall–Kier alpha value is -3.07. The lowest BCUT2D eigenvalue weighted by molar-refractivity contribution is -0.122. The fraction of sp³-hybridized carbons (Fsp3) is 0.480. The number of nitrogens with zero attached hydrogens (tertiary/aromatic N) is 3. The molecule has 1 saturated carbocycles. The van der Waals surface area contributed by atoms with Crippen LogP contribution in [-0.4, -0.2) is 26.2 Å². The van der Waals surface area contributed by atoms with E-state index in [2.05, 4.69) is 15.3 Å². The number of rotatable bonds is 3. The van der Waals surface area contributed by atoms with Gasteiger partial charge >= 0.3 is 0 Å².